The Bertz CT molecular complexity index is 2950. The van der Waals surface area contributed by atoms with Crippen LogP contribution in [-0.4, -0.2) is 114 Å². The lowest BCUT2D eigenvalue weighted by Gasteiger charge is -2.42. The van der Waals surface area contributed by atoms with Gasteiger partial charge in [0.25, 0.3) is 5.91 Å². The first-order valence-electron chi connectivity index (χ1n) is 29.1. The van der Waals surface area contributed by atoms with Crippen molar-refractivity contribution in [2.75, 3.05) is 20.1 Å². The molecule has 2 heterocycles. The predicted octanol–water partition coefficient (Wildman–Crippen LogP) is 6.27. The van der Waals surface area contributed by atoms with E-state index in [9.17, 15) is 33.6 Å². The Hall–Kier alpha value is -7.11. The fourth-order valence-electron chi connectivity index (χ4n) is 11.8. The summed E-state index contributed by atoms with van der Waals surface area (Å²) in [5, 5.41) is 21.7. The van der Waals surface area contributed by atoms with E-state index in [1.54, 1.807) is 37.9 Å². The van der Waals surface area contributed by atoms with E-state index in [1.165, 1.54) is 16.0 Å². The van der Waals surface area contributed by atoms with Crippen LogP contribution in [0.25, 0.3) is 0 Å². The summed E-state index contributed by atoms with van der Waals surface area (Å²) in [5.41, 5.74) is 6.09. The van der Waals surface area contributed by atoms with Crippen LogP contribution in [-0.2, 0) is 61.2 Å². The molecule has 81 heavy (non-hydrogen) atoms. The molecule has 2 aliphatic carbocycles. The number of benzene rings is 4. The Labute approximate surface area is 478 Å². The van der Waals surface area contributed by atoms with Crippen molar-refractivity contribution in [1.82, 2.24) is 47.0 Å². The van der Waals surface area contributed by atoms with Gasteiger partial charge < -0.3 is 51.8 Å². The van der Waals surface area contributed by atoms with Gasteiger partial charge in [0.1, 0.15) is 36.5 Å². The van der Waals surface area contributed by atoms with Crippen LogP contribution in [0.15, 0.2) is 91.0 Å². The maximum atomic E-state index is 14.9. The quantitative estimate of drug-likeness (QED) is 0.0592. The number of amides is 7. The number of fused-ring (bicyclic) bond motifs is 3. The third kappa shape index (κ3) is 14.3. The molecule has 434 valence electrons. The second-order valence-corrected chi connectivity index (χ2v) is 24.7. The molecule has 4 aliphatic rings. The summed E-state index contributed by atoms with van der Waals surface area (Å²) in [5.74, 6) is -1.74. The van der Waals surface area contributed by atoms with Crippen LogP contribution in [0.3, 0.4) is 0 Å². The molecule has 2 aliphatic heterocycles. The van der Waals surface area contributed by atoms with Crippen molar-refractivity contribution in [3.63, 3.8) is 0 Å². The van der Waals surface area contributed by atoms with Gasteiger partial charge in [0.05, 0.1) is 24.2 Å². The highest BCUT2D eigenvalue weighted by molar-refractivity contribution is 5.97. The zero-order chi connectivity index (χ0) is 58.3. The highest BCUT2D eigenvalue weighted by Crippen LogP contribution is 2.35. The third-order valence-electron chi connectivity index (χ3n) is 16.6. The minimum Gasteiger partial charge on any atom is -0.489 e. The first-order valence-corrected chi connectivity index (χ1v) is 29.1. The molecule has 1 fully saturated rings. The zero-order valence-electron chi connectivity index (χ0n) is 49.0. The molecule has 8 rings (SSSR count). The minimum atomic E-state index is -0.948. The second kappa shape index (κ2) is 25.8. The zero-order valence-corrected chi connectivity index (χ0v) is 49.0. The van der Waals surface area contributed by atoms with Gasteiger partial charge in [-0.3, -0.25) is 33.6 Å². The standard InChI is InChI=1S/C64H85N9O8/c1-11-66-39(3)57(75)71-54(63(4,5)6)61(79)72-35-45-32-47(31-30-44(45)33-52(72)59(77)68-50-24-16-20-41-18-12-14-22-48(41)50)81-37-40-26-28-43(29-27-40)58(76)67-46-34-53(60(78)69-51-25-17-21-42-19-13-15-23-49(42)51)73(36-46)62(80)55(64(7,8)9)70-56(74)38(2)65-10/h12-15,18-19,22-23,26-32,38-39,46,50-55,65-66H,11,16-17,20-21,24-25,33-37H2,1-10H3,(H,67,76)(H,68,77)(H,69,78)(H,70,74)(H,71,75)/t38-,39-,46?,50?,51?,52-,53-,54+,55+/m0/s1. The average molecular weight is 1110 g/mol. The lowest BCUT2D eigenvalue weighted by atomic mass is 9.83. The summed E-state index contributed by atoms with van der Waals surface area (Å²) in [6.45, 7) is 17.7. The molecule has 17 nitrogen and oxygen atoms in total. The van der Waals surface area contributed by atoms with Gasteiger partial charge in [-0.2, -0.15) is 0 Å². The number of rotatable bonds is 18. The number of aryl methyl sites for hydroxylation is 2. The SMILES string of the molecule is CCN[C@@H](C)C(=O)N[C@H](C(=O)N1Cc2cc(OCc3ccc(C(=O)NC4C[C@@H](C(=O)NC5CCCc6ccccc65)N(C(=O)[C@@H](NC(=O)[C@H](C)NC)C(C)(C)C)C4)cc3)ccc2C[C@H]1C(=O)NC1CCCc2ccccc21)C(C)(C)C. The van der Waals surface area contributed by atoms with Crippen LogP contribution >= 0.6 is 0 Å². The van der Waals surface area contributed by atoms with Crippen molar-refractivity contribution in [2.24, 2.45) is 10.8 Å². The van der Waals surface area contributed by atoms with E-state index in [4.69, 9.17) is 4.74 Å². The molecule has 4 aromatic rings. The molecule has 0 radical (unpaired) electrons. The lowest BCUT2D eigenvalue weighted by molar-refractivity contribution is -0.147. The fraction of sp³-hybridized carbons (Fsp3) is 0.516. The molecule has 7 N–H and O–H groups in total. The van der Waals surface area contributed by atoms with E-state index in [1.807, 2.05) is 109 Å². The summed E-state index contributed by atoms with van der Waals surface area (Å²) in [7, 11) is 1.67. The molecule has 9 atom stereocenters. The number of carbonyl (C=O) groups excluding carboxylic acids is 7. The topological polar surface area (TPSA) is 219 Å². The van der Waals surface area contributed by atoms with E-state index < -0.39 is 59.0 Å². The van der Waals surface area contributed by atoms with Crippen molar-refractivity contribution >= 4 is 41.4 Å². The third-order valence-corrected chi connectivity index (χ3v) is 16.6. The van der Waals surface area contributed by atoms with E-state index in [2.05, 4.69) is 55.4 Å². The molecular formula is C64H85N9O8. The Morgan fingerprint density at radius 1 is 0.630 bits per heavy atom. The summed E-state index contributed by atoms with van der Waals surface area (Å²) in [4.78, 5) is 102. The minimum absolute atomic E-state index is 0.0691. The molecule has 0 bridgehead atoms. The van der Waals surface area contributed by atoms with Crippen LogP contribution in [0.5, 0.6) is 5.75 Å². The van der Waals surface area contributed by atoms with Gasteiger partial charge in [-0.25, -0.2) is 0 Å². The molecule has 17 heteroatoms. The van der Waals surface area contributed by atoms with E-state index in [0.717, 1.165) is 66.3 Å². The van der Waals surface area contributed by atoms with E-state index in [-0.39, 0.29) is 80.1 Å². The second-order valence-electron chi connectivity index (χ2n) is 24.7. The number of carbonyl (C=O) groups is 7. The highest BCUT2D eigenvalue weighted by Gasteiger charge is 2.47. The van der Waals surface area contributed by atoms with Gasteiger partial charge in [0.2, 0.25) is 35.4 Å². The highest BCUT2D eigenvalue weighted by atomic mass is 16.5. The Balaban J connectivity index is 0.957. The number of nitrogens with one attached hydrogen (secondary N) is 7. The number of hydrogen-bond donors (Lipinski definition) is 7. The van der Waals surface area contributed by atoms with Gasteiger partial charge in [0, 0.05) is 31.1 Å². The van der Waals surface area contributed by atoms with Gasteiger partial charge >= 0.3 is 0 Å². The van der Waals surface area contributed by atoms with Crippen LogP contribution in [0.2, 0.25) is 0 Å². The number of likely N-dealkylation sites (N-methyl/N-ethyl adjacent to an activating group) is 2. The monoisotopic (exact) mass is 1110 g/mol. The van der Waals surface area contributed by atoms with Crippen LogP contribution in [0, 0.1) is 10.8 Å². The van der Waals surface area contributed by atoms with Crippen molar-refractivity contribution < 1.29 is 38.3 Å². The smallest absolute Gasteiger partial charge is 0.251 e. The molecule has 4 aromatic carbocycles. The summed E-state index contributed by atoms with van der Waals surface area (Å²) in [6.07, 6.45) is 5.73. The van der Waals surface area contributed by atoms with Gasteiger partial charge in [-0.15, -0.1) is 0 Å². The number of ether oxygens (including phenoxy) is 1. The molecule has 1 saturated heterocycles. The van der Waals surface area contributed by atoms with Gasteiger partial charge in [0.15, 0.2) is 0 Å². The normalized spacial score (nSPS) is 21.1. The largest absolute Gasteiger partial charge is 0.489 e. The van der Waals surface area contributed by atoms with E-state index >= 15 is 0 Å². The van der Waals surface area contributed by atoms with Crippen molar-refractivity contribution in [1.29, 1.82) is 0 Å². The summed E-state index contributed by atoms with van der Waals surface area (Å²) in [6, 6.07) is 23.4. The fourth-order valence-corrected chi connectivity index (χ4v) is 11.8. The Morgan fingerprint density at radius 2 is 1.17 bits per heavy atom. The molecule has 0 saturated carbocycles. The molecule has 0 aromatic heterocycles. The number of hydrogen-bond acceptors (Lipinski definition) is 10. The Kier molecular flexibility index (Phi) is 19.1. The molecule has 0 spiro atoms. The van der Waals surface area contributed by atoms with E-state index in [0.29, 0.717) is 17.9 Å². The number of nitrogens with zero attached hydrogens (tertiary/aromatic N) is 2. The first-order chi connectivity index (χ1) is 38.5. The summed E-state index contributed by atoms with van der Waals surface area (Å²) < 4.78 is 6.35. The molecule has 7 amide bonds. The number of likely N-dealkylation sites (tertiary alicyclic amines) is 1. The summed E-state index contributed by atoms with van der Waals surface area (Å²) >= 11 is 0. The van der Waals surface area contributed by atoms with Crippen LogP contribution < -0.4 is 42.0 Å². The maximum absolute atomic E-state index is 14.9. The van der Waals surface area contributed by atoms with Crippen molar-refractivity contribution in [2.45, 2.75) is 181 Å². The van der Waals surface area contributed by atoms with Crippen molar-refractivity contribution in [3.05, 3.63) is 136 Å². The van der Waals surface area contributed by atoms with Gasteiger partial charge in [-0.05, 0) is 146 Å². The average Bonchev–Trinajstić information content (AvgIpc) is 4.14. The lowest BCUT2D eigenvalue weighted by Crippen LogP contribution is -2.62. The molecular weight excluding hydrogens is 1020 g/mol. The van der Waals surface area contributed by atoms with Gasteiger partial charge in [-0.1, -0.05) is 115 Å². The van der Waals surface area contributed by atoms with Crippen LogP contribution in [0.4, 0.5) is 0 Å². The molecule has 3 unspecified atom stereocenters. The van der Waals surface area contributed by atoms with Crippen LogP contribution in [0.1, 0.15) is 156 Å². The maximum Gasteiger partial charge on any atom is 0.251 e. The predicted molar refractivity (Wildman–Crippen MR) is 312 cm³/mol. The Morgan fingerprint density at radius 3 is 1.73 bits per heavy atom. The van der Waals surface area contributed by atoms with Crippen molar-refractivity contribution in [3.8, 4) is 5.75 Å². The first kappa shape index (κ1) is 60.0.